The minimum absolute atomic E-state index is 0.0316. The second kappa shape index (κ2) is 10.4. The molecular weight excluding hydrogens is 386 g/mol. The number of likely N-dealkylation sites (tertiary alicyclic amines) is 1. The Morgan fingerprint density at radius 2 is 1.70 bits per heavy atom. The van der Waals surface area contributed by atoms with Gasteiger partial charge in [-0.2, -0.15) is 0 Å². The van der Waals surface area contributed by atoms with E-state index in [-0.39, 0.29) is 24.6 Å². The summed E-state index contributed by atoms with van der Waals surface area (Å²) in [5.74, 6) is -1.36. The van der Waals surface area contributed by atoms with Crippen LogP contribution in [0.4, 0.5) is 0 Å². The Bertz CT molecular complexity index is 895. The van der Waals surface area contributed by atoms with E-state index in [1.165, 1.54) is 14.2 Å². The fourth-order valence-electron chi connectivity index (χ4n) is 3.77. The molecule has 1 fully saturated rings. The largest absolute Gasteiger partial charge is 0.354 e. The Hall–Kier alpha value is -2.71. The number of methoxy groups -OCH3 is 2. The summed E-state index contributed by atoms with van der Waals surface area (Å²) in [6, 6.07) is 7.30. The third-order valence-electron chi connectivity index (χ3n) is 5.46. The molecule has 1 aromatic heterocycles. The van der Waals surface area contributed by atoms with E-state index in [0.717, 1.165) is 44.3 Å². The molecule has 0 atom stereocenters. The molecule has 2 amide bonds. The van der Waals surface area contributed by atoms with Crippen LogP contribution in [0.25, 0.3) is 10.9 Å². The molecule has 8 nitrogen and oxygen atoms in total. The summed E-state index contributed by atoms with van der Waals surface area (Å²) in [5, 5.41) is 3.18. The molecule has 1 N–H and O–H groups in total. The van der Waals surface area contributed by atoms with Crippen LogP contribution in [-0.4, -0.2) is 67.2 Å². The van der Waals surface area contributed by atoms with Crippen molar-refractivity contribution in [1.82, 2.24) is 14.8 Å². The van der Waals surface area contributed by atoms with Crippen molar-refractivity contribution in [2.45, 2.75) is 38.5 Å². The van der Waals surface area contributed by atoms with Crippen molar-refractivity contribution in [2.75, 3.05) is 33.9 Å². The summed E-state index contributed by atoms with van der Waals surface area (Å²) in [4.78, 5) is 39.9. The zero-order chi connectivity index (χ0) is 21.5. The van der Waals surface area contributed by atoms with Crippen LogP contribution in [0.1, 0.15) is 36.0 Å². The maximum absolute atomic E-state index is 12.8. The van der Waals surface area contributed by atoms with Crippen LogP contribution in [0.5, 0.6) is 0 Å². The first kappa shape index (κ1) is 22.0. The monoisotopic (exact) mass is 415 g/mol. The van der Waals surface area contributed by atoms with E-state index in [2.05, 4.69) is 5.32 Å². The van der Waals surface area contributed by atoms with Gasteiger partial charge >= 0.3 is 0 Å². The lowest BCUT2D eigenvalue weighted by atomic mass is 10.1. The number of nitrogens with zero attached hydrogens (tertiary/aromatic N) is 2. The first-order chi connectivity index (χ1) is 14.5. The molecule has 3 rings (SSSR count). The number of para-hydroxylation sites is 1. The summed E-state index contributed by atoms with van der Waals surface area (Å²) in [5.41, 5.74) is 1.03. The highest BCUT2D eigenvalue weighted by atomic mass is 16.7. The van der Waals surface area contributed by atoms with Crippen molar-refractivity contribution in [3.05, 3.63) is 36.0 Å². The van der Waals surface area contributed by atoms with Gasteiger partial charge in [0.1, 0.15) is 6.54 Å². The van der Waals surface area contributed by atoms with Crippen molar-refractivity contribution < 1.29 is 23.9 Å². The average Bonchev–Trinajstić information content (AvgIpc) is 2.93. The second-order valence-corrected chi connectivity index (χ2v) is 7.42. The molecule has 1 aliphatic heterocycles. The molecule has 1 saturated heterocycles. The number of ether oxygens (including phenoxy) is 2. The van der Waals surface area contributed by atoms with Crippen LogP contribution in [0, 0.1) is 0 Å². The van der Waals surface area contributed by atoms with E-state index in [0.29, 0.717) is 5.39 Å². The molecule has 30 heavy (non-hydrogen) atoms. The quantitative estimate of drug-likeness (QED) is 0.404. The summed E-state index contributed by atoms with van der Waals surface area (Å²) >= 11 is 0. The van der Waals surface area contributed by atoms with Crippen molar-refractivity contribution in [3.63, 3.8) is 0 Å². The van der Waals surface area contributed by atoms with Gasteiger partial charge in [0, 0.05) is 44.4 Å². The van der Waals surface area contributed by atoms with E-state index >= 15 is 0 Å². The molecule has 1 aliphatic rings. The molecule has 0 radical (unpaired) electrons. The van der Waals surface area contributed by atoms with Gasteiger partial charge in [-0.05, 0) is 18.9 Å². The smallest absolute Gasteiger partial charge is 0.292 e. The van der Waals surface area contributed by atoms with Crippen LogP contribution in [0.3, 0.4) is 0 Å². The van der Waals surface area contributed by atoms with E-state index in [9.17, 15) is 14.4 Å². The van der Waals surface area contributed by atoms with Gasteiger partial charge in [0.2, 0.25) is 5.91 Å². The number of ketones is 1. The molecule has 0 bridgehead atoms. The summed E-state index contributed by atoms with van der Waals surface area (Å²) in [6.07, 6.45) is 5.31. The third kappa shape index (κ3) is 5.06. The maximum Gasteiger partial charge on any atom is 0.292 e. The van der Waals surface area contributed by atoms with Gasteiger partial charge in [0.15, 0.2) is 6.29 Å². The van der Waals surface area contributed by atoms with Crippen molar-refractivity contribution in [3.8, 4) is 0 Å². The minimum Gasteiger partial charge on any atom is -0.354 e. The number of amides is 2. The molecule has 0 aliphatic carbocycles. The predicted octanol–water partition coefficient (Wildman–Crippen LogP) is 1.96. The van der Waals surface area contributed by atoms with Crippen molar-refractivity contribution in [1.29, 1.82) is 0 Å². The lowest BCUT2D eigenvalue weighted by molar-refractivity contribution is -0.131. The molecule has 1 aromatic carbocycles. The third-order valence-corrected chi connectivity index (χ3v) is 5.46. The van der Waals surface area contributed by atoms with Crippen molar-refractivity contribution >= 4 is 28.5 Å². The number of Topliss-reactive ketones (excluding diaryl/α,β-unsaturated/α-hetero) is 1. The summed E-state index contributed by atoms with van der Waals surface area (Å²) in [7, 11) is 2.91. The Morgan fingerprint density at radius 3 is 2.37 bits per heavy atom. The highest BCUT2D eigenvalue weighted by Crippen LogP contribution is 2.22. The lowest BCUT2D eigenvalue weighted by Gasteiger charge is -2.20. The molecule has 2 heterocycles. The second-order valence-electron chi connectivity index (χ2n) is 7.42. The molecule has 0 spiro atoms. The van der Waals surface area contributed by atoms with Crippen LogP contribution >= 0.6 is 0 Å². The summed E-state index contributed by atoms with van der Waals surface area (Å²) < 4.78 is 11.8. The lowest BCUT2D eigenvalue weighted by Crippen LogP contribution is -2.38. The average molecular weight is 415 g/mol. The predicted molar refractivity (Wildman–Crippen MR) is 112 cm³/mol. The minimum atomic E-state index is -0.740. The van der Waals surface area contributed by atoms with Crippen molar-refractivity contribution in [2.24, 2.45) is 0 Å². The van der Waals surface area contributed by atoms with Crippen LogP contribution in [0.15, 0.2) is 30.5 Å². The molecular formula is C22H29N3O5. The molecule has 2 aromatic rings. The fraction of sp³-hybridized carbons (Fsp3) is 0.500. The molecule has 0 unspecified atom stereocenters. The maximum atomic E-state index is 12.8. The van der Waals surface area contributed by atoms with Crippen LogP contribution in [0.2, 0.25) is 0 Å². The van der Waals surface area contributed by atoms with E-state index in [1.807, 2.05) is 23.1 Å². The Balaban J connectivity index is 1.78. The van der Waals surface area contributed by atoms with Gasteiger partial charge in [-0.1, -0.05) is 31.0 Å². The Morgan fingerprint density at radius 1 is 1.03 bits per heavy atom. The van der Waals surface area contributed by atoms with Gasteiger partial charge < -0.3 is 24.3 Å². The van der Waals surface area contributed by atoms with Crippen LogP contribution in [-0.2, 0) is 25.6 Å². The van der Waals surface area contributed by atoms with Gasteiger partial charge in [-0.15, -0.1) is 0 Å². The number of hydrogen-bond donors (Lipinski definition) is 1. The van der Waals surface area contributed by atoms with Gasteiger partial charge in [-0.3, -0.25) is 14.4 Å². The number of fused-ring (bicyclic) bond motifs is 1. The SMILES string of the molecule is COC(CNC(=O)C(=O)c1cn(CC(=O)N2CCCCCC2)c2ccccc12)OC. The molecule has 8 heteroatoms. The number of carbonyl (C=O) groups excluding carboxylic acids is 3. The number of carbonyl (C=O) groups is 3. The Labute approximate surface area is 176 Å². The number of rotatable bonds is 8. The van der Waals surface area contributed by atoms with Crippen LogP contribution < -0.4 is 5.32 Å². The number of hydrogen-bond acceptors (Lipinski definition) is 5. The number of nitrogens with one attached hydrogen (secondary N) is 1. The normalized spacial score (nSPS) is 14.7. The fourth-order valence-corrected chi connectivity index (χ4v) is 3.77. The van der Waals surface area contributed by atoms with E-state index < -0.39 is 18.0 Å². The highest BCUT2D eigenvalue weighted by Gasteiger charge is 2.24. The molecule has 162 valence electrons. The van der Waals surface area contributed by atoms with Gasteiger partial charge in [-0.25, -0.2) is 0 Å². The van der Waals surface area contributed by atoms with Gasteiger partial charge in [0.25, 0.3) is 11.7 Å². The number of aromatic nitrogens is 1. The van der Waals surface area contributed by atoms with E-state index in [1.54, 1.807) is 16.8 Å². The molecule has 0 saturated carbocycles. The summed E-state index contributed by atoms with van der Waals surface area (Å²) in [6.45, 7) is 1.74. The van der Waals surface area contributed by atoms with Gasteiger partial charge in [0.05, 0.1) is 12.1 Å². The standard InChI is InChI=1S/C22H29N3O5/c1-29-20(30-2)13-23-22(28)21(27)17-14-25(18-10-6-5-9-16(17)18)15-19(26)24-11-7-3-4-8-12-24/h5-6,9-10,14,20H,3-4,7-8,11-13,15H2,1-2H3,(H,23,28). The number of benzene rings is 1. The zero-order valence-electron chi connectivity index (χ0n) is 17.6. The highest BCUT2D eigenvalue weighted by molar-refractivity contribution is 6.45. The Kier molecular flexibility index (Phi) is 7.59. The topological polar surface area (TPSA) is 89.9 Å². The van der Waals surface area contributed by atoms with E-state index in [4.69, 9.17) is 9.47 Å². The zero-order valence-corrected chi connectivity index (χ0v) is 17.6. The first-order valence-corrected chi connectivity index (χ1v) is 10.3. The first-order valence-electron chi connectivity index (χ1n) is 10.3.